The van der Waals surface area contributed by atoms with Crippen LogP contribution in [0, 0.1) is 5.92 Å². The molecule has 0 saturated heterocycles. The van der Waals surface area contributed by atoms with Crippen molar-refractivity contribution in [2.45, 2.75) is 31.3 Å². The molecule has 1 aromatic carbocycles. The Balaban J connectivity index is 1.91. The highest BCUT2D eigenvalue weighted by atomic mass is 32.2. The number of aryl methyl sites for hydroxylation is 1. The van der Waals surface area contributed by atoms with Crippen molar-refractivity contribution >= 4 is 34.4 Å². The first-order valence-corrected chi connectivity index (χ1v) is 11.1. The minimum absolute atomic E-state index is 0.0861. The van der Waals surface area contributed by atoms with E-state index in [-0.39, 0.29) is 28.4 Å². The van der Waals surface area contributed by atoms with Crippen LogP contribution in [0.5, 0.6) is 0 Å². The summed E-state index contributed by atoms with van der Waals surface area (Å²) in [5.41, 5.74) is -0.585. The molecule has 0 radical (unpaired) electrons. The molecule has 11 heteroatoms. The SMILES string of the molecule is CC(C)Cc1cnc2c(c1SCC(=O)Nc1ccc(C(F)(F)F)cc1)c(=O)n(C)c(=O)n2C. The summed E-state index contributed by atoms with van der Waals surface area (Å²) in [5, 5.41) is 2.82. The molecule has 0 saturated carbocycles. The van der Waals surface area contributed by atoms with Crippen molar-refractivity contribution < 1.29 is 18.0 Å². The molecule has 0 aliphatic carbocycles. The third kappa shape index (κ3) is 5.29. The second-order valence-corrected chi connectivity index (χ2v) is 9.01. The third-order valence-corrected chi connectivity index (χ3v) is 6.13. The molecule has 0 unspecified atom stereocenters. The van der Waals surface area contributed by atoms with E-state index in [2.05, 4.69) is 10.3 Å². The molecule has 176 valence electrons. The Kier molecular flexibility index (Phi) is 7.01. The van der Waals surface area contributed by atoms with Gasteiger partial charge in [-0.15, -0.1) is 11.8 Å². The van der Waals surface area contributed by atoms with Gasteiger partial charge in [-0.3, -0.25) is 18.7 Å². The first-order valence-electron chi connectivity index (χ1n) is 10.1. The molecule has 0 atom stereocenters. The summed E-state index contributed by atoms with van der Waals surface area (Å²) >= 11 is 1.13. The highest BCUT2D eigenvalue weighted by Gasteiger charge is 2.30. The maximum atomic E-state index is 12.9. The number of hydrogen-bond donors (Lipinski definition) is 1. The number of nitrogens with zero attached hydrogens (tertiary/aromatic N) is 3. The van der Waals surface area contributed by atoms with Crippen LogP contribution in [0.15, 0.2) is 44.9 Å². The number of fused-ring (bicyclic) bond motifs is 1. The van der Waals surface area contributed by atoms with Crippen molar-refractivity contribution in [2.75, 3.05) is 11.1 Å². The molecular weight excluding hydrogens is 457 g/mol. The van der Waals surface area contributed by atoms with Gasteiger partial charge >= 0.3 is 11.9 Å². The Hall–Kier alpha value is -3.08. The molecular formula is C22H23F3N4O3S. The number of carbonyl (C=O) groups is 1. The first-order chi connectivity index (χ1) is 15.4. The highest BCUT2D eigenvalue weighted by Crippen LogP contribution is 2.31. The van der Waals surface area contributed by atoms with Gasteiger partial charge in [0.25, 0.3) is 5.56 Å². The number of halogens is 3. The van der Waals surface area contributed by atoms with E-state index in [9.17, 15) is 27.6 Å². The number of alkyl halides is 3. The van der Waals surface area contributed by atoms with E-state index in [0.717, 1.165) is 34.0 Å². The molecule has 0 aliphatic rings. The molecule has 0 fully saturated rings. The molecule has 0 aliphatic heterocycles. The second kappa shape index (κ2) is 9.42. The standard InChI is InChI=1S/C22H23F3N4O3S/c1-12(2)9-13-10-26-19-17(20(31)29(4)21(32)28(19)3)18(13)33-11-16(30)27-15-7-5-14(6-8-15)22(23,24)25/h5-8,10,12H,9,11H2,1-4H3,(H,27,30). The fourth-order valence-corrected chi connectivity index (χ4v) is 4.36. The fraction of sp³-hybridized carbons (Fsp3) is 0.364. The number of nitrogens with one attached hydrogen (secondary N) is 1. The predicted octanol–water partition coefficient (Wildman–Crippen LogP) is 3.58. The highest BCUT2D eigenvalue weighted by molar-refractivity contribution is 8.00. The van der Waals surface area contributed by atoms with Crippen molar-refractivity contribution in [3.05, 3.63) is 62.4 Å². The van der Waals surface area contributed by atoms with Crippen LogP contribution in [0.3, 0.4) is 0 Å². The van der Waals surface area contributed by atoms with E-state index in [1.807, 2.05) is 13.8 Å². The number of pyridine rings is 1. The summed E-state index contributed by atoms with van der Waals surface area (Å²) in [4.78, 5) is 42.6. The molecule has 2 aromatic heterocycles. The van der Waals surface area contributed by atoms with Crippen molar-refractivity contribution in [1.82, 2.24) is 14.1 Å². The van der Waals surface area contributed by atoms with Crippen molar-refractivity contribution in [2.24, 2.45) is 20.0 Å². The largest absolute Gasteiger partial charge is 0.416 e. The lowest BCUT2D eigenvalue weighted by molar-refractivity contribution is -0.137. The van der Waals surface area contributed by atoms with Crippen LogP contribution < -0.4 is 16.6 Å². The van der Waals surface area contributed by atoms with Crippen LogP contribution in [0.25, 0.3) is 11.0 Å². The quantitative estimate of drug-likeness (QED) is 0.545. The van der Waals surface area contributed by atoms with Gasteiger partial charge in [0.05, 0.1) is 16.7 Å². The van der Waals surface area contributed by atoms with Gasteiger partial charge in [0, 0.05) is 30.9 Å². The number of aromatic nitrogens is 3. The monoisotopic (exact) mass is 480 g/mol. The summed E-state index contributed by atoms with van der Waals surface area (Å²) in [6.07, 6.45) is -2.24. The van der Waals surface area contributed by atoms with Crippen LogP contribution >= 0.6 is 11.8 Å². The molecule has 3 aromatic rings. The Bertz CT molecular complexity index is 1310. The zero-order valence-electron chi connectivity index (χ0n) is 18.5. The maximum Gasteiger partial charge on any atom is 0.416 e. The number of thioether (sulfide) groups is 1. The molecule has 3 rings (SSSR count). The lowest BCUT2D eigenvalue weighted by Crippen LogP contribution is -2.37. The normalized spacial score (nSPS) is 11.9. The van der Waals surface area contributed by atoms with Crippen LogP contribution in [0.1, 0.15) is 25.0 Å². The molecule has 2 heterocycles. The Morgan fingerprint density at radius 3 is 2.33 bits per heavy atom. The number of anilines is 1. The molecule has 1 N–H and O–H groups in total. The summed E-state index contributed by atoms with van der Waals surface area (Å²) in [7, 11) is 2.90. The lowest BCUT2D eigenvalue weighted by atomic mass is 10.0. The number of hydrogen-bond acceptors (Lipinski definition) is 5. The summed E-state index contributed by atoms with van der Waals surface area (Å²) < 4.78 is 40.4. The Morgan fingerprint density at radius 1 is 1.12 bits per heavy atom. The topological polar surface area (TPSA) is 86.0 Å². The van der Waals surface area contributed by atoms with Crippen molar-refractivity contribution in [1.29, 1.82) is 0 Å². The van der Waals surface area contributed by atoms with Crippen LogP contribution in [-0.4, -0.2) is 25.8 Å². The van der Waals surface area contributed by atoms with E-state index in [0.29, 0.717) is 11.3 Å². The number of amides is 1. The minimum Gasteiger partial charge on any atom is -0.325 e. The van der Waals surface area contributed by atoms with Crippen LogP contribution in [-0.2, 0) is 31.5 Å². The van der Waals surface area contributed by atoms with Crippen molar-refractivity contribution in [3.8, 4) is 0 Å². The summed E-state index contributed by atoms with van der Waals surface area (Å²) in [5.74, 6) is -0.278. The van der Waals surface area contributed by atoms with E-state index in [4.69, 9.17) is 0 Å². The smallest absolute Gasteiger partial charge is 0.325 e. The summed E-state index contributed by atoms with van der Waals surface area (Å²) in [6.45, 7) is 4.02. The van der Waals surface area contributed by atoms with Crippen LogP contribution in [0.4, 0.5) is 18.9 Å². The summed E-state index contributed by atoms with van der Waals surface area (Å²) in [6, 6.07) is 4.15. The molecule has 33 heavy (non-hydrogen) atoms. The molecule has 1 amide bonds. The van der Waals surface area contributed by atoms with Gasteiger partial charge < -0.3 is 5.32 Å². The van der Waals surface area contributed by atoms with E-state index >= 15 is 0 Å². The van der Waals surface area contributed by atoms with Gasteiger partial charge in [-0.1, -0.05) is 13.8 Å². The first kappa shape index (κ1) is 24.6. The average molecular weight is 481 g/mol. The van der Waals surface area contributed by atoms with Crippen LogP contribution in [0.2, 0.25) is 0 Å². The Morgan fingerprint density at radius 2 is 1.76 bits per heavy atom. The maximum absolute atomic E-state index is 12.9. The number of rotatable bonds is 6. The Labute approximate surface area is 191 Å². The average Bonchev–Trinajstić information content (AvgIpc) is 2.74. The second-order valence-electron chi connectivity index (χ2n) is 8.03. The van der Waals surface area contributed by atoms with Gasteiger partial charge in [0.15, 0.2) is 0 Å². The zero-order valence-corrected chi connectivity index (χ0v) is 19.3. The predicted molar refractivity (Wildman–Crippen MR) is 122 cm³/mol. The minimum atomic E-state index is -4.46. The van der Waals surface area contributed by atoms with Gasteiger partial charge in [-0.05, 0) is 42.2 Å². The van der Waals surface area contributed by atoms with E-state index in [1.54, 1.807) is 6.20 Å². The van der Waals surface area contributed by atoms with E-state index in [1.165, 1.54) is 30.8 Å². The van der Waals surface area contributed by atoms with Gasteiger partial charge in [0.2, 0.25) is 5.91 Å². The van der Waals surface area contributed by atoms with E-state index < -0.39 is 28.9 Å². The number of carbonyl (C=O) groups excluding carboxylic acids is 1. The molecule has 0 spiro atoms. The lowest BCUT2D eigenvalue weighted by Gasteiger charge is -2.15. The van der Waals surface area contributed by atoms with Gasteiger partial charge in [-0.25, -0.2) is 9.78 Å². The zero-order chi connectivity index (χ0) is 24.5. The van der Waals surface area contributed by atoms with Crippen molar-refractivity contribution in [3.63, 3.8) is 0 Å². The molecule has 7 nitrogen and oxygen atoms in total. The van der Waals surface area contributed by atoms with Gasteiger partial charge in [-0.2, -0.15) is 13.2 Å². The fourth-order valence-electron chi connectivity index (χ4n) is 3.37. The van der Waals surface area contributed by atoms with Gasteiger partial charge in [0.1, 0.15) is 5.65 Å². The third-order valence-electron chi connectivity index (χ3n) is 4.97. The number of benzene rings is 1. The molecule has 0 bridgehead atoms.